The number of ether oxygens (including phenoxy) is 1. The van der Waals surface area contributed by atoms with Crippen LogP contribution in [0.2, 0.25) is 5.02 Å². The predicted molar refractivity (Wildman–Crippen MR) is 391 cm³/mol. The smallest absolute Gasteiger partial charge is 0.255 e. The Hall–Kier alpha value is -11.1. The molecule has 100 heavy (non-hydrogen) atoms. The normalized spacial score (nSPS) is 14.1. The second-order valence-corrected chi connectivity index (χ2v) is 26.6. The summed E-state index contributed by atoms with van der Waals surface area (Å²) in [5.74, 6) is 1.54. The van der Waals surface area contributed by atoms with Gasteiger partial charge in [-0.25, -0.2) is 43.9 Å². The lowest BCUT2D eigenvalue weighted by atomic mass is 10.1. The van der Waals surface area contributed by atoms with Crippen LogP contribution in [0, 0.1) is 13.8 Å². The average molecular weight is 1360 g/mol. The molecule has 15 rings (SSSR count). The Morgan fingerprint density at radius 1 is 0.450 bits per heavy atom. The number of hydrogen-bond donors (Lipinski definition) is 6. The van der Waals surface area contributed by atoms with Gasteiger partial charge in [-0.1, -0.05) is 153 Å². The first kappa shape index (κ1) is 67.4. The SMILES string of the molecule is CC(C)Oc1ccccc1C(=O)NCc1ccc(-c2nn(C3CCCC3)c3ncnc(N)c23)cc1.Cc1cc(Cl)ccc1C(=O)NCc1ccc(-c2nn(C3CCCC3)c3ncnc(N)c23)cc1.Cc1ccccc1C(=O)NCc1ccc(-c2nn(C3CCCC3)c3ncnc(N)c23)cc1. The van der Waals surface area contributed by atoms with Crippen molar-refractivity contribution in [2.75, 3.05) is 17.2 Å². The van der Waals surface area contributed by atoms with Crippen LogP contribution < -0.4 is 37.9 Å². The molecule has 3 saturated carbocycles. The number of aromatic nitrogens is 12. The molecule has 0 atom stereocenters. The van der Waals surface area contributed by atoms with Crippen LogP contribution in [0.25, 0.3) is 66.9 Å². The van der Waals surface area contributed by atoms with Gasteiger partial charge >= 0.3 is 0 Å². The molecule has 23 heteroatoms. The summed E-state index contributed by atoms with van der Waals surface area (Å²) in [7, 11) is 0. The highest BCUT2D eigenvalue weighted by Crippen LogP contribution is 2.40. The zero-order chi connectivity index (χ0) is 69.4. The number of nitrogens with two attached hydrogens (primary N) is 3. The van der Waals surface area contributed by atoms with Gasteiger partial charge in [0.1, 0.15) is 59.3 Å². The molecule has 0 bridgehead atoms. The first-order valence-corrected chi connectivity index (χ1v) is 34.7. The van der Waals surface area contributed by atoms with Gasteiger partial charge in [-0.2, -0.15) is 15.3 Å². The van der Waals surface area contributed by atoms with Crippen LogP contribution in [0.5, 0.6) is 5.75 Å². The third-order valence-electron chi connectivity index (χ3n) is 18.9. The number of para-hydroxylation sites is 1. The Morgan fingerprint density at radius 3 is 1.15 bits per heavy atom. The van der Waals surface area contributed by atoms with E-state index in [1.54, 1.807) is 24.3 Å². The second-order valence-electron chi connectivity index (χ2n) is 26.1. The quantitative estimate of drug-likeness (QED) is 0.0493. The molecule has 6 heterocycles. The molecule has 12 aromatic rings. The number of nitrogens with one attached hydrogen (secondary N) is 3. The predicted octanol–water partition coefficient (Wildman–Crippen LogP) is 14.4. The number of aryl methyl sites for hydroxylation is 2. The molecular weight excluding hydrogens is 1280 g/mol. The lowest BCUT2D eigenvalue weighted by Gasteiger charge is -2.14. The number of nitrogen functional groups attached to an aromatic ring is 3. The molecule has 6 aromatic heterocycles. The van der Waals surface area contributed by atoms with Gasteiger partial charge in [0.2, 0.25) is 0 Å². The lowest BCUT2D eigenvalue weighted by Crippen LogP contribution is -2.24. The van der Waals surface area contributed by atoms with Gasteiger partial charge in [0.05, 0.1) is 46.0 Å². The van der Waals surface area contributed by atoms with Crippen LogP contribution in [0.15, 0.2) is 159 Å². The third kappa shape index (κ3) is 14.8. The summed E-state index contributed by atoms with van der Waals surface area (Å²) < 4.78 is 11.9. The van der Waals surface area contributed by atoms with Crippen molar-refractivity contribution >= 4 is 79.9 Å². The lowest BCUT2D eigenvalue weighted by molar-refractivity contribution is 0.0938. The Morgan fingerprint density at radius 2 is 0.790 bits per heavy atom. The topological polar surface area (TPSA) is 305 Å². The molecule has 3 aliphatic rings. The number of fused-ring (bicyclic) bond motifs is 3. The molecule has 9 N–H and O–H groups in total. The number of nitrogens with zero attached hydrogens (tertiary/aromatic N) is 12. The van der Waals surface area contributed by atoms with E-state index in [1.165, 1.54) is 57.5 Å². The summed E-state index contributed by atoms with van der Waals surface area (Å²) in [6.45, 7) is 8.97. The molecule has 3 amide bonds. The van der Waals surface area contributed by atoms with Crippen LogP contribution in [-0.2, 0) is 19.6 Å². The third-order valence-corrected chi connectivity index (χ3v) is 19.2. The largest absolute Gasteiger partial charge is 0.490 e. The molecular formula is C77H81ClN18O4. The van der Waals surface area contributed by atoms with Crippen molar-refractivity contribution in [3.05, 3.63) is 208 Å². The van der Waals surface area contributed by atoms with Crippen LogP contribution in [0.4, 0.5) is 17.5 Å². The Balaban J connectivity index is 0.000000135. The number of hydrogen-bond acceptors (Lipinski definition) is 16. The number of halogens is 1. The first-order valence-electron chi connectivity index (χ1n) is 34.3. The molecule has 3 fully saturated rings. The van der Waals surface area contributed by atoms with Crippen molar-refractivity contribution in [1.82, 2.24) is 75.2 Å². The summed E-state index contributed by atoms with van der Waals surface area (Å²) in [6.07, 6.45) is 18.4. The number of amides is 3. The minimum atomic E-state index is -0.170. The van der Waals surface area contributed by atoms with Crippen molar-refractivity contribution < 1.29 is 19.1 Å². The fourth-order valence-corrected chi connectivity index (χ4v) is 13.9. The number of carbonyl (C=O) groups excluding carboxylic acids is 3. The summed E-state index contributed by atoms with van der Waals surface area (Å²) >= 11 is 5.99. The van der Waals surface area contributed by atoms with E-state index in [1.807, 2.05) is 157 Å². The molecule has 0 spiro atoms. The molecule has 6 aromatic carbocycles. The van der Waals surface area contributed by atoms with E-state index in [2.05, 4.69) is 45.9 Å². The number of benzene rings is 6. The molecule has 0 radical (unpaired) electrons. The molecule has 0 aliphatic heterocycles. The average Bonchev–Trinajstić information content (AvgIpc) is 1.62. The zero-order valence-electron chi connectivity index (χ0n) is 56.5. The van der Waals surface area contributed by atoms with Gasteiger partial charge in [0, 0.05) is 52.5 Å². The fourth-order valence-electron chi connectivity index (χ4n) is 13.7. The summed E-state index contributed by atoms with van der Waals surface area (Å²) in [5.41, 5.74) is 33.0. The summed E-state index contributed by atoms with van der Waals surface area (Å²) in [6, 6.07) is 45.2. The van der Waals surface area contributed by atoms with Crippen LogP contribution in [-0.4, -0.2) is 83.1 Å². The van der Waals surface area contributed by atoms with Gasteiger partial charge in [0.25, 0.3) is 17.7 Å². The van der Waals surface area contributed by atoms with E-state index >= 15 is 0 Å². The number of carbonyl (C=O) groups is 3. The van der Waals surface area contributed by atoms with Crippen molar-refractivity contribution in [2.24, 2.45) is 0 Å². The van der Waals surface area contributed by atoms with Crippen molar-refractivity contribution in [1.29, 1.82) is 0 Å². The van der Waals surface area contributed by atoms with Gasteiger partial charge in [-0.3, -0.25) is 14.4 Å². The van der Waals surface area contributed by atoms with Crippen molar-refractivity contribution in [2.45, 2.75) is 149 Å². The van der Waals surface area contributed by atoms with E-state index in [0.29, 0.717) is 82.7 Å². The molecule has 510 valence electrons. The molecule has 0 saturated heterocycles. The van der Waals surface area contributed by atoms with Crippen molar-refractivity contribution in [3.8, 4) is 39.5 Å². The second kappa shape index (κ2) is 30.3. The molecule has 22 nitrogen and oxygen atoms in total. The van der Waals surface area contributed by atoms with E-state index in [0.717, 1.165) is 133 Å². The maximum absolute atomic E-state index is 12.8. The zero-order valence-corrected chi connectivity index (χ0v) is 57.3. The maximum atomic E-state index is 12.8. The molecule has 0 unspecified atom stereocenters. The van der Waals surface area contributed by atoms with Gasteiger partial charge in [-0.15, -0.1) is 0 Å². The molecule has 3 aliphatic carbocycles. The van der Waals surface area contributed by atoms with E-state index in [4.69, 9.17) is 48.8 Å². The van der Waals surface area contributed by atoms with Crippen LogP contribution >= 0.6 is 11.6 Å². The number of anilines is 3. The first-order chi connectivity index (χ1) is 48.6. The van der Waals surface area contributed by atoms with Crippen LogP contribution in [0.1, 0.15) is 168 Å². The Bertz CT molecular complexity index is 4920. The fraction of sp³-hybridized carbons (Fsp3) is 0.299. The van der Waals surface area contributed by atoms with Gasteiger partial charge in [-0.05, 0) is 130 Å². The Labute approximate surface area is 584 Å². The van der Waals surface area contributed by atoms with Crippen molar-refractivity contribution in [3.63, 3.8) is 0 Å². The van der Waals surface area contributed by atoms with Gasteiger partial charge in [0.15, 0.2) is 16.9 Å². The monoisotopic (exact) mass is 1360 g/mol. The highest BCUT2D eigenvalue weighted by atomic mass is 35.5. The number of rotatable bonds is 17. The minimum Gasteiger partial charge on any atom is -0.490 e. The Kier molecular flexibility index (Phi) is 20.5. The van der Waals surface area contributed by atoms with E-state index < -0.39 is 0 Å². The maximum Gasteiger partial charge on any atom is 0.255 e. The highest BCUT2D eigenvalue weighted by Gasteiger charge is 2.28. The standard InChI is InChI=1S/C27H30N6O2.C25H25ClN6O.C25H26N6O/c1-17(2)35-22-10-6-5-9-21(22)27(34)29-15-18-11-13-19(14-12-18)24-23-25(28)30-16-31-26(23)33(32-24)20-7-3-4-8-20;1-15-12-18(26)10-11-20(15)25(33)28-13-16-6-8-17(9-7-16)22-21-23(27)29-14-30-24(21)32(31-22)19-4-2-3-5-19;1-16-6-2-5-9-20(16)25(32)27-14-17-10-12-18(13-11-17)22-21-23(26)28-15-29-24(21)31(30-22)19-7-3-4-8-19/h5-6,9-14,16-17,20H,3-4,7-8,15H2,1-2H3,(H,29,34)(H2,28,30,31);6-12,14,19H,2-5,13H2,1H3,(H,28,33)(H2,27,29,30);2,5-6,9-13,15,19H,3-4,7-8,14H2,1H3,(H,27,32)(H2,26,28,29). The highest BCUT2D eigenvalue weighted by molar-refractivity contribution is 6.30. The van der Waals surface area contributed by atoms with Crippen LogP contribution in [0.3, 0.4) is 0 Å². The minimum absolute atomic E-state index is 0.0100. The van der Waals surface area contributed by atoms with Gasteiger partial charge < -0.3 is 37.9 Å². The summed E-state index contributed by atoms with van der Waals surface area (Å²) in [4.78, 5) is 63.9. The van der Waals surface area contributed by atoms with E-state index in [-0.39, 0.29) is 23.8 Å². The summed E-state index contributed by atoms with van der Waals surface area (Å²) in [5, 5.41) is 26.7. The van der Waals surface area contributed by atoms with E-state index in [9.17, 15) is 14.4 Å².